The molecule has 1 N–H and O–H groups in total. The third kappa shape index (κ3) is 13.5. The van der Waals surface area contributed by atoms with Crippen LogP contribution in [0.4, 0.5) is 5.69 Å². The van der Waals surface area contributed by atoms with Crippen LogP contribution in [0.5, 0.6) is 0 Å². The summed E-state index contributed by atoms with van der Waals surface area (Å²) in [4.78, 5) is 15.4. The highest BCUT2D eigenvalue weighted by atomic mass is 16.3. The number of benzene rings is 1. The first-order valence-corrected chi connectivity index (χ1v) is 11.9. The Labute approximate surface area is 192 Å². The third-order valence-corrected chi connectivity index (χ3v) is 5.56. The zero-order valence-corrected chi connectivity index (χ0v) is 22.3. The van der Waals surface area contributed by atoms with Crippen LogP contribution in [-0.4, -0.2) is 16.6 Å². The number of aryl methyl sites for hydroxylation is 1. The smallest absolute Gasteiger partial charge is 0.133 e. The van der Waals surface area contributed by atoms with Gasteiger partial charge in [0.25, 0.3) is 0 Å². The molecule has 1 fully saturated rings. The second-order valence-corrected chi connectivity index (χ2v) is 11.4. The molecule has 0 atom stereocenters. The molecule has 2 rings (SSSR count). The second-order valence-electron chi connectivity index (χ2n) is 11.4. The molecule has 1 saturated carbocycles. The predicted molar refractivity (Wildman–Crippen MR) is 136 cm³/mol. The van der Waals surface area contributed by atoms with E-state index in [1.165, 1.54) is 19.3 Å². The zero-order chi connectivity index (χ0) is 24.5. The third-order valence-electron chi connectivity index (χ3n) is 5.56. The number of nitrogens with zero attached hydrogens (tertiary/aromatic N) is 1. The van der Waals surface area contributed by atoms with E-state index < -0.39 is 5.60 Å². The molecule has 31 heavy (non-hydrogen) atoms. The molecule has 1 aromatic carbocycles. The number of carbonyl (C=O) groups excluding carboxylic acids is 1. The van der Waals surface area contributed by atoms with E-state index in [-0.39, 0.29) is 5.41 Å². The molecule has 0 unspecified atom stereocenters. The van der Waals surface area contributed by atoms with Gasteiger partial charge in [0.2, 0.25) is 0 Å². The summed E-state index contributed by atoms with van der Waals surface area (Å²) in [5.41, 5.74) is 4.26. The number of Topliss-reactive ketones (excluding diaryl/α,β-unsaturated/α-hetero) is 1. The van der Waals surface area contributed by atoms with Gasteiger partial charge in [0.15, 0.2) is 0 Å². The minimum absolute atomic E-state index is 0.174. The fourth-order valence-electron chi connectivity index (χ4n) is 3.05. The van der Waals surface area contributed by atoms with Crippen molar-refractivity contribution in [2.24, 2.45) is 15.8 Å². The molecule has 0 amide bonds. The van der Waals surface area contributed by atoms with Gasteiger partial charge in [0.1, 0.15) is 5.78 Å². The van der Waals surface area contributed by atoms with Gasteiger partial charge in [-0.3, -0.25) is 9.79 Å². The Hall–Kier alpha value is -1.48. The van der Waals surface area contributed by atoms with Crippen molar-refractivity contribution >= 4 is 17.2 Å². The Morgan fingerprint density at radius 3 is 1.84 bits per heavy atom. The van der Waals surface area contributed by atoms with Crippen molar-refractivity contribution in [3.05, 3.63) is 29.3 Å². The number of hydrogen-bond donors (Lipinski definition) is 1. The number of carbonyl (C=O) groups is 1. The molecular weight excluding hydrogens is 382 g/mol. The van der Waals surface area contributed by atoms with Gasteiger partial charge in [0, 0.05) is 18.6 Å². The first kappa shape index (κ1) is 29.5. The Balaban J connectivity index is 0.000000501. The Kier molecular flexibility index (Phi) is 11.9. The van der Waals surface area contributed by atoms with Crippen molar-refractivity contribution < 1.29 is 9.90 Å². The maximum absolute atomic E-state index is 10.8. The summed E-state index contributed by atoms with van der Waals surface area (Å²) < 4.78 is 0. The van der Waals surface area contributed by atoms with Gasteiger partial charge in [-0.15, -0.1) is 0 Å². The molecule has 0 heterocycles. The van der Waals surface area contributed by atoms with Crippen LogP contribution < -0.4 is 0 Å². The first-order valence-electron chi connectivity index (χ1n) is 11.9. The molecule has 3 nitrogen and oxygen atoms in total. The van der Waals surface area contributed by atoms with Gasteiger partial charge in [0.05, 0.1) is 11.3 Å². The fourth-order valence-corrected chi connectivity index (χ4v) is 3.05. The molecule has 1 aromatic rings. The number of aliphatic imine (C=N–C) groups is 1. The Morgan fingerprint density at radius 2 is 1.58 bits per heavy atom. The zero-order valence-electron chi connectivity index (χ0n) is 22.3. The molecule has 0 radical (unpaired) electrons. The van der Waals surface area contributed by atoms with Gasteiger partial charge in [-0.2, -0.15) is 0 Å². The van der Waals surface area contributed by atoms with Crippen LogP contribution in [-0.2, 0) is 10.4 Å². The average molecular weight is 432 g/mol. The highest BCUT2D eigenvalue weighted by Crippen LogP contribution is 2.38. The van der Waals surface area contributed by atoms with E-state index in [2.05, 4.69) is 46.5 Å². The van der Waals surface area contributed by atoms with Crippen molar-refractivity contribution in [3.8, 4) is 0 Å². The van der Waals surface area contributed by atoms with E-state index in [1.54, 1.807) is 13.8 Å². The van der Waals surface area contributed by atoms with Gasteiger partial charge >= 0.3 is 0 Å². The minimum Gasteiger partial charge on any atom is -0.386 e. The van der Waals surface area contributed by atoms with Crippen LogP contribution >= 0.6 is 0 Å². The van der Waals surface area contributed by atoms with E-state index in [0.717, 1.165) is 34.4 Å². The standard InChI is InChI=1S/C14H21NO.C8H16O.C6H12/c1-6-11(3)15-13-8-7-12(9-10(13)2)14(4,5)16;1-5-7(9)6-8(2,3)4;1-6(2)4-3-5-6/h7-9,16H,6H2,1-5H3;5-6H2,1-4H3;3-5H2,1-2H3. The van der Waals surface area contributed by atoms with Crippen LogP contribution in [0.15, 0.2) is 23.2 Å². The molecular formula is C28H49NO2. The Morgan fingerprint density at radius 1 is 1.06 bits per heavy atom. The molecule has 1 aliphatic rings. The van der Waals surface area contributed by atoms with Crippen LogP contribution in [0.3, 0.4) is 0 Å². The molecule has 0 bridgehead atoms. The predicted octanol–water partition coefficient (Wildman–Crippen LogP) is 8.32. The van der Waals surface area contributed by atoms with Crippen molar-refractivity contribution in [2.75, 3.05) is 0 Å². The van der Waals surface area contributed by atoms with Crippen molar-refractivity contribution in [1.82, 2.24) is 0 Å². The lowest BCUT2D eigenvalue weighted by Crippen LogP contribution is -2.20. The summed E-state index contributed by atoms with van der Waals surface area (Å²) in [5, 5.41) is 9.90. The van der Waals surface area contributed by atoms with E-state index in [4.69, 9.17) is 0 Å². The van der Waals surface area contributed by atoms with E-state index in [0.29, 0.717) is 18.6 Å². The molecule has 3 heteroatoms. The SMILES string of the molecule is CC1(C)CCC1.CCC(=O)CC(C)(C)C.CCC(C)=Nc1ccc(C(C)(C)O)cc1C. The fraction of sp³-hybridized carbons (Fsp3) is 0.714. The lowest BCUT2D eigenvalue weighted by Gasteiger charge is -2.33. The monoisotopic (exact) mass is 431 g/mol. The van der Waals surface area contributed by atoms with Crippen LogP contribution in [0, 0.1) is 17.8 Å². The van der Waals surface area contributed by atoms with Crippen LogP contribution in [0.2, 0.25) is 0 Å². The summed E-state index contributed by atoms with van der Waals surface area (Å²) in [6, 6.07) is 5.92. The quantitative estimate of drug-likeness (QED) is 0.476. The first-order chi connectivity index (χ1) is 14.0. The number of rotatable bonds is 5. The normalized spacial score (nSPS) is 15.7. The molecule has 1 aliphatic carbocycles. The molecule has 0 aromatic heterocycles. The van der Waals surface area contributed by atoms with Crippen molar-refractivity contribution in [2.45, 2.75) is 120 Å². The average Bonchev–Trinajstić information content (AvgIpc) is 2.60. The summed E-state index contributed by atoms with van der Waals surface area (Å²) in [6.45, 7) is 22.6. The summed E-state index contributed by atoms with van der Waals surface area (Å²) in [7, 11) is 0. The minimum atomic E-state index is -0.785. The maximum Gasteiger partial charge on any atom is 0.133 e. The second kappa shape index (κ2) is 12.5. The van der Waals surface area contributed by atoms with E-state index in [9.17, 15) is 9.90 Å². The topological polar surface area (TPSA) is 49.7 Å². The summed E-state index contributed by atoms with van der Waals surface area (Å²) in [5.74, 6) is 0.363. The van der Waals surface area contributed by atoms with E-state index in [1.807, 2.05) is 39.0 Å². The molecule has 0 saturated heterocycles. The van der Waals surface area contributed by atoms with Crippen molar-refractivity contribution in [3.63, 3.8) is 0 Å². The number of aliphatic hydroxyl groups is 1. The molecule has 0 aliphatic heterocycles. The maximum atomic E-state index is 10.8. The van der Waals surface area contributed by atoms with Gasteiger partial charge in [-0.25, -0.2) is 0 Å². The highest BCUT2D eigenvalue weighted by Gasteiger charge is 2.25. The lowest BCUT2D eigenvalue weighted by atomic mass is 9.72. The number of ketones is 1. The largest absolute Gasteiger partial charge is 0.386 e. The van der Waals surface area contributed by atoms with Gasteiger partial charge in [-0.1, -0.05) is 67.0 Å². The molecule has 178 valence electrons. The van der Waals surface area contributed by atoms with Gasteiger partial charge < -0.3 is 5.11 Å². The number of hydrogen-bond acceptors (Lipinski definition) is 3. The lowest BCUT2D eigenvalue weighted by molar-refractivity contribution is -0.120. The van der Waals surface area contributed by atoms with Crippen molar-refractivity contribution in [1.29, 1.82) is 0 Å². The van der Waals surface area contributed by atoms with Gasteiger partial charge in [-0.05, 0) is 75.0 Å². The summed E-state index contributed by atoms with van der Waals surface area (Å²) in [6.07, 6.45) is 6.72. The Bertz CT molecular complexity index is 710. The summed E-state index contributed by atoms with van der Waals surface area (Å²) >= 11 is 0. The highest BCUT2D eigenvalue weighted by molar-refractivity contribution is 5.84. The van der Waals surface area contributed by atoms with Crippen LogP contribution in [0.25, 0.3) is 0 Å². The van der Waals surface area contributed by atoms with E-state index >= 15 is 0 Å². The molecule has 0 spiro atoms. The van der Waals surface area contributed by atoms with Crippen LogP contribution in [0.1, 0.15) is 119 Å².